The van der Waals surface area contributed by atoms with Crippen LogP contribution in [-0.4, -0.2) is 12.7 Å². The van der Waals surface area contributed by atoms with Crippen LogP contribution in [0.15, 0.2) is 18.2 Å². The third-order valence-electron chi connectivity index (χ3n) is 1.60. The maximum Gasteiger partial charge on any atom is 0.411 e. The van der Waals surface area contributed by atoms with Crippen LogP contribution in [0.2, 0.25) is 10.0 Å². The fourth-order valence-electron chi connectivity index (χ4n) is 0.934. The average Bonchev–Trinajstić information content (AvgIpc) is 2.20. The van der Waals surface area contributed by atoms with Gasteiger partial charge in [0.25, 0.3) is 0 Å². The molecule has 1 N–H and O–H groups in total. The van der Waals surface area contributed by atoms with Gasteiger partial charge in [-0.1, -0.05) is 30.1 Å². The number of carbonyl (C=O) groups excluding carboxylic acids is 1. The highest BCUT2D eigenvalue weighted by atomic mass is 35.5. The summed E-state index contributed by atoms with van der Waals surface area (Å²) in [4.78, 5) is 11.2. The van der Waals surface area contributed by atoms with Crippen molar-refractivity contribution in [3.63, 3.8) is 0 Å². The van der Waals surface area contributed by atoms with E-state index in [0.717, 1.165) is 6.42 Å². The van der Waals surface area contributed by atoms with Crippen LogP contribution in [0.3, 0.4) is 0 Å². The number of hydrogen-bond acceptors (Lipinski definition) is 2. The monoisotopic (exact) mass is 247 g/mol. The normalized spacial score (nSPS) is 9.80. The Kier molecular flexibility index (Phi) is 4.72. The summed E-state index contributed by atoms with van der Waals surface area (Å²) in [6.07, 6.45) is 0.248. The highest BCUT2D eigenvalue weighted by Crippen LogP contribution is 2.25. The fourth-order valence-corrected chi connectivity index (χ4v) is 1.27. The molecule has 0 atom stereocenters. The molecule has 0 aliphatic heterocycles. The number of anilines is 1. The third kappa shape index (κ3) is 3.98. The van der Waals surface area contributed by atoms with Gasteiger partial charge in [-0.2, -0.15) is 0 Å². The SMILES string of the molecule is CCCOC(=O)Nc1cc(Cl)ccc1Cl. The summed E-state index contributed by atoms with van der Waals surface area (Å²) in [6.45, 7) is 2.30. The largest absolute Gasteiger partial charge is 0.449 e. The predicted octanol–water partition coefficient (Wildman–Crippen LogP) is 3.95. The molecule has 1 rings (SSSR count). The molecule has 0 fully saturated rings. The molecular weight excluding hydrogens is 237 g/mol. The first-order chi connectivity index (χ1) is 7.13. The van der Waals surface area contributed by atoms with Gasteiger partial charge in [0, 0.05) is 5.02 Å². The van der Waals surface area contributed by atoms with Crippen molar-refractivity contribution in [2.75, 3.05) is 11.9 Å². The minimum absolute atomic E-state index is 0.379. The van der Waals surface area contributed by atoms with Gasteiger partial charge in [-0.05, 0) is 24.6 Å². The molecule has 0 saturated heterocycles. The molecule has 0 spiro atoms. The molecule has 0 unspecified atom stereocenters. The van der Waals surface area contributed by atoms with Crippen LogP contribution in [-0.2, 0) is 4.74 Å². The number of benzene rings is 1. The number of halogens is 2. The van der Waals surface area contributed by atoms with Gasteiger partial charge in [0.2, 0.25) is 0 Å². The summed E-state index contributed by atoms with van der Waals surface area (Å²) < 4.78 is 4.84. The number of amides is 1. The summed E-state index contributed by atoms with van der Waals surface area (Å²) in [7, 11) is 0. The Morgan fingerprint density at radius 3 is 2.87 bits per heavy atom. The Morgan fingerprint density at radius 2 is 2.20 bits per heavy atom. The molecule has 1 aromatic carbocycles. The van der Waals surface area contributed by atoms with E-state index in [9.17, 15) is 4.79 Å². The van der Waals surface area contributed by atoms with Crippen molar-refractivity contribution in [1.29, 1.82) is 0 Å². The standard InChI is InChI=1S/C10H11Cl2NO2/c1-2-5-15-10(14)13-9-6-7(11)3-4-8(9)12/h3-4,6H,2,5H2,1H3,(H,13,14). The lowest BCUT2D eigenvalue weighted by Crippen LogP contribution is -2.14. The van der Waals surface area contributed by atoms with Crippen molar-refractivity contribution in [3.8, 4) is 0 Å². The fraction of sp³-hybridized carbons (Fsp3) is 0.300. The van der Waals surface area contributed by atoms with Gasteiger partial charge >= 0.3 is 6.09 Å². The topological polar surface area (TPSA) is 38.3 Å². The lowest BCUT2D eigenvalue weighted by Gasteiger charge is -2.07. The Balaban J connectivity index is 2.63. The first-order valence-corrected chi connectivity index (χ1v) is 5.28. The molecule has 82 valence electrons. The molecule has 1 aromatic rings. The maximum atomic E-state index is 11.2. The van der Waals surface area contributed by atoms with Crippen LogP contribution in [0.4, 0.5) is 10.5 Å². The molecule has 3 nitrogen and oxygen atoms in total. The van der Waals surface area contributed by atoms with Crippen LogP contribution in [0.5, 0.6) is 0 Å². The average molecular weight is 248 g/mol. The quantitative estimate of drug-likeness (QED) is 0.879. The van der Waals surface area contributed by atoms with Crippen molar-refractivity contribution in [1.82, 2.24) is 0 Å². The van der Waals surface area contributed by atoms with E-state index < -0.39 is 6.09 Å². The summed E-state index contributed by atoms with van der Waals surface area (Å²) in [6, 6.07) is 4.82. The van der Waals surface area contributed by atoms with E-state index >= 15 is 0 Å². The van der Waals surface area contributed by atoms with Gasteiger partial charge in [0.1, 0.15) is 0 Å². The lowest BCUT2D eigenvalue weighted by atomic mass is 10.3. The molecule has 0 aliphatic rings. The molecular formula is C10H11Cl2NO2. The Bertz CT molecular complexity index is 355. The number of nitrogens with one attached hydrogen (secondary N) is 1. The molecule has 0 heterocycles. The zero-order valence-electron chi connectivity index (χ0n) is 8.22. The number of ether oxygens (including phenoxy) is 1. The van der Waals surface area contributed by atoms with E-state index in [2.05, 4.69) is 5.32 Å². The summed E-state index contributed by atoms with van der Waals surface area (Å²) >= 11 is 11.6. The second kappa shape index (κ2) is 5.83. The van der Waals surface area contributed by atoms with Gasteiger partial charge in [0.15, 0.2) is 0 Å². The molecule has 0 aliphatic carbocycles. The van der Waals surface area contributed by atoms with Gasteiger partial charge in [-0.15, -0.1) is 0 Å². The van der Waals surface area contributed by atoms with Crippen LogP contribution >= 0.6 is 23.2 Å². The van der Waals surface area contributed by atoms with E-state index in [1.807, 2.05) is 6.92 Å². The van der Waals surface area contributed by atoms with Gasteiger partial charge in [0.05, 0.1) is 17.3 Å². The summed E-state index contributed by atoms with van der Waals surface area (Å²) in [5.74, 6) is 0. The molecule has 0 saturated carbocycles. The van der Waals surface area contributed by atoms with E-state index in [1.165, 1.54) is 0 Å². The van der Waals surface area contributed by atoms with Gasteiger partial charge < -0.3 is 4.74 Å². The van der Waals surface area contributed by atoms with Crippen LogP contribution in [0.1, 0.15) is 13.3 Å². The molecule has 0 aromatic heterocycles. The van der Waals surface area contributed by atoms with Gasteiger partial charge in [-0.25, -0.2) is 4.79 Å². The number of rotatable bonds is 3. The number of carbonyl (C=O) groups is 1. The lowest BCUT2D eigenvalue weighted by molar-refractivity contribution is 0.161. The van der Waals surface area contributed by atoms with E-state index in [0.29, 0.717) is 22.3 Å². The second-order valence-electron chi connectivity index (χ2n) is 2.89. The van der Waals surface area contributed by atoms with E-state index in [-0.39, 0.29) is 0 Å². The maximum absolute atomic E-state index is 11.2. The molecule has 15 heavy (non-hydrogen) atoms. The van der Waals surface area contributed by atoms with Crippen molar-refractivity contribution < 1.29 is 9.53 Å². The highest BCUT2D eigenvalue weighted by molar-refractivity contribution is 6.35. The van der Waals surface area contributed by atoms with Crippen LogP contribution < -0.4 is 5.32 Å². The van der Waals surface area contributed by atoms with Crippen molar-refractivity contribution in [2.24, 2.45) is 0 Å². The van der Waals surface area contributed by atoms with Gasteiger partial charge in [-0.3, -0.25) is 5.32 Å². The van der Waals surface area contributed by atoms with E-state index in [4.69, 9.17) is 27.9 Å². The number of hydrogen-bond donors (Lipinski definition) is 1. The van der Waals surface area contributed by atoms with Crippen molar-refractivity contribution in [3.05, 3.63) is 28.2 Å². The molecule has 5 heteroatoms. The first-order valence-electron chi connectivity index (χ1n) is 4.52. The smallest absolute Gasteiger partial charge is 0.411 e. The zero-order chi connectivity index (χ0) is 11.3. The molecule has 0 bridgehead atoms. The second-order valence-corrected chi connectivity index (χ2v) is 3.73. The van der Waals surface area contributed by atoms with Crippen LogP contribution in [0, 0.1) is 0 Å². The summed E-state index contributed by atoms with van der Waals surface area (Å²) in [5.41, 5.74) is 0.449. The minimum Gasteiger partial charge on any atom is -0.449 e. The van der Waals surface area contributed by atoms with Crippen LogP contribution in [0.25, 0.3) is 0 Å². The third-order valence-corrected chi connectivity index (χ3v) is 2.17. The Morgan fingerprint density at radius 1 is 1.47 bits per heavy atom. The molecule has 0 radical (unpaired) electrons. The summed E-state index contributed by atoms with van der Waals surface area (Å²) in [5, 5.41) is 3.44. The van der Waals surface area contributed by atoms with E-state index in [1.54, 1.807) is 18.2 Å². The first kappa shape index (κ1) is 12.1. The zero-order valence-corrected chi connectivity index (χ0v) is 9.73. The predicted molar refractivity (Wildman–Crippen MR) is 61.7 cm³/mol. The Hall–Kier alpha value is -0.930. The van der Waals surface area contributed by atoms with Crippen molar-refractivity contribution >= 4 is 35.0 Å². The Labute approximate surface area is 98.3 Å². The highest BCUT2D eigenvalue weighted by Gasteiger charge is 2.06. The van der Waals surface area contributed by atoms with Crippen molar-refractivity contribution in [2.45, 2.75) is 13.3 Å². The minimum atomic E-state index is -0.527. The molecule has 1 amide bonds.